The third kappa shape index (κ3) is 7.65. The van der Waals surface area contributed by atoms with Crippen molar-refractivity contribution in [3.05, 3.63) is 12.4 Å². The van der Waals surface area contributed by atoms with Gasteiger partial charge in [0.15, 0.2) is 0 Å². The summed E-state index contributed by atoms with van der Waals surface area (Å²) in [6, 6.07) is 0. The predicted molar refractivity (Wildman–Crippen MR) is 82.7 cm³/mol. The lowest BCUT2D eigenvalue weighted by atomic mass is 10.1. The quantitative estimate of drug-likeness (QED) is 0.591. The Balaban J connectivity index is 1.98. The zero-order valence-electron chi connectivity index (χ0n) is 12.4. The molecule has 0 aliphatic carbocycles. The molecule has 1 heterocycles. The van der Waals surface area contributed by atoms with Crippen LogP contribution in [0.4, 0.5) is 11.6 Å². The van der Waals surface area contributed by atoms with E-state index in [1.165, 1.54) is 51.4 Å². The predicted octanol–water partition coefficient (Wildman–Crippen LogP) is 4.07. The van der Waals surface area contributed by atoms with Crippen LogP contribution in [0.2, 0.25) is 0 Å². The third-order valence-electron chi connectivity index (χ3n) is 3.23. The summed E-state index contributed by atoms with van der Waals surface area (Å²) in [6.07, 6.45) is 14.3. The monoisotopic (exact) mass is 264 g/mol. The van der Waals surface area contributed by atoms with E-state index in [0.29, 0.717) is 0 Å². The first kappa shape index (κ1) is 15.7. The van der Waals surface area contributed by atoms with Crippen LogP contribution in [0, 0.1) is 0 Å². The van der Waals surface area contributed by atoms with Gasteiger partial charge in [-0.05, 0) is 6.42 Å². The highest BCUT2D eigenvalue weighted by atomic mass is 15.1. The lowest BCUT2D eigenvalue weighted by molar-refractivity contribution is 0.581. The van der Waals surface area contributed by atoms with Crippen LogP contribution < -0.4 is 10.6 Å². The third-order valence-corrected chi connectivity index (χ3v) is 3.23. The second-order valence-electron chi connectivity index (χ2n) is 4.94. The van der Waals surface area contributed by atoms with Gasteiger partial charge in [0.05, 0.1) is 12.4 Å². The van der Waals surface area contributed by atoms with Crippen molar-refractivity contribution in [2.75, 3.05) is 24.2 Å². The molecule has 1 rings (SSSR count). The molecule has 1 aromatic heterocycles. The van der Waals surface area contributed by atoms with Crippen molar-refractivity contribution < 1.29 is 0 Å². The standard InChI is InChI=1S/C15H28N4/c1-3-4-5-6-7-8-9-10-11-18-15-13-17-12-14(16-2)19-15/h12-13H,3-11H2,1-2H3,(H2,16,18,19). The summed E-state index contributed by atoms with van der Waals surface area (Å²) < 4.78 is 0. The lowest BCUT2D eigenvalue weighted by Crippen LogP contribution is -2.05. The smallest absolute Gasteiger partial charge is 0.146 e. The Morgan fingerprint density at radius 3 is 2.21 bits per heavy atom. The first-order valence-corrected chi connectivity index (χ1v) is 7.60. The minimum Gasteiger partial charge on any atom is -0.372 e. The zero-order chi connectivity index (χ0) is 13.8. The van der Waals surface area contributed by atoms with Gasteiger partial charge in [0.25, 0.3) is 0 Å². The molecule has 0 aromatic carbocycles. The number of hydrogen-bond acceptors (Lipinski definition) is 4. The molecule has 0 spiro atoms. The Morgan fingerprint density at radius 1 is 0.895 bits per heavy atom. The maximum Gasteiger partial charge on any atom is 0.146 e. The fourth-order valence-corrected chi connectivity index (χ4v) is 2.05. The fraction of sp³-hybridized carbons (Fsp3) is 0.733. The maximum absolute atomic E-state index is 4.37. The van der Waals surface area contributed by atoms with Crippen molar-refractivity contribution in [1.29, 1.82) is 0 Å². The molecule has 0 amide bonds. The van der Waals surface area contributed by atoms with E-state index >= 15 is 0 Å². The first-order chi connectivity index (χ1) is 9.36. The summed E-state index contributed by atoms with van der Waals surface area (Å²) in [7, 11) is 1.85. The Morgan fingerprint density at radius 2 is 1.53 bits per heavy atom. The van der Waals surface area contributed by atoms with E-state index in [4.69, 9.17) is 0 Å². The summed E-state index contributed by atoms with van der Waals surface area (Å²) >= 11 is 0. The SMILES string of the molecule is CCCCCCCCCCNc1cncc(NC)n1. The van der Waals surface area contributed by atoms with Crippen molar-refractivity contribution in [2.24, 2.45) is 0 Å². The molecule has 0 radical (unpaired) electrons. The maximum atomic E-state index is 4.37. The Bertz CT molecular complexity index is 328. The van der Waals surface area contributed by atoms with Crippen molar-refractivity contribution in [2.45, 2.75) is 58.3 Å². The summed E-state index contributed by atoms with van der Waals surface area (Å²) in [5.41, 5.74) is 0. The number of aromatic nitrogens is 2. The highest BCUT2D eigenvalue weighted by Gasteiger charge is 1.96. The van der Waals surface area contributed by atoms with E-state index in [9.17, 15) is 0 Å². The minimum atomic E-state index is 0.806. The van der Waals surface area contributed by atoms with E-state index in [2.05, 4.69) is 27.5 Å². The highest BCUT2D eigenvalue weighted by molar-refractivity contribution is 5.40. The van der Waals surface area contributed by atoms with Crippen LogP contribution >= 0.6 is 0 Å². The number of nitrogens with zero attached hydrogens (tertiary/aromatic N) is 2. The van der Waals surface area contributed by atoms with Gasteiger partial charge in [-0.25, -0.2) is 4.98 Å². The molecule has 1 aromatic rings. The van der Waals surface area contributed by atoms with Gasteiger partial charge < -0.3 is 10.6 Å². The van der Waals surface area contributed by atoms with Gasteiger partial charge in [0.2, 0.25) is 0 Å². The highest BCUT2D eigenvalue weighted by Crippen LogP contribution is 2.09. The Labute approximate surface area is 117 Å². The van der Waals surface area contributed by atoms with E-state index in [-0.39, 0.29) is 0 Å². The number of unbranched alkanes of at least 4 members (excludes halogenated alkanes) is 7. The summed E-state index contributed by atoms with van der Waals surface area (Å²) in [5, 5.41) is 6.31. The van der Waals surface area contributed by atoms with Gasteiger partial charge in [-0.2, -0.15) is 0 Å². The lowest BCUT2D eigenvalue weighted by Gasteiger charge is -2.06. The molecule has 4 nitrogen and oxygen atoms in total. The molecule has 0 fully saturated rings. The molecule has 0 atom stereocenters. The molecule has 0 saturated heterocycles. The van der Waals surface area contributed by atoms with Gasteiger partial charge in [0.1, 0.15) is 11.6 Å². The van der Waals surface area contributed by atoms with Crippen LogP contribution in [0.15, 0.2) is 12.4 Å². The molecule has 0 aliphatic heterocycles. The van der Waals surface area contributed by atoms with Crippen LogP contribution in [-0.4, -0.2) is 23.6 Å². The van der Waals surface area contributed by atoms with Gasteiger partial charge in [-0.1, -0.05) is 51.9 Å². The number of hydrogen-bond donors (Lipinski definition) is 2. The average molecular weight is 264 g/mol. The summed E-state index contributed by atoms with van der Waals surface area (Å²) in [5.74, 6) is 1.66. The molecular formula is C15H28N4. The summed E-state index contributed by atoms with van der Waals surface area (Å²) in [6.45, 7) is 3.24. The normalized spacial score (nSPS) is 10.4. The molecule has 19 heavy (non-hydrogen) atoms. The van der Waals surface area contributed by atoms with Crippen molar-refractivity contribution in [1.82, 2.24) is 9.97 Å². The van der Waals surface area contributed by atoms with Crippen molar-refractivity contribution in [3.63, 3.8) is 0 Å². The Hall–Kier alpha value is -1.32. The van der Waals surface area contributed by atoms with Crippen LogP contribution in [0.1, 0.15) is 58.3 Å². The molecule has 4 heteroatoms. The van der Waals surface area contributed by atoms with Crippen LogP contribution in [0.3, 0.4) is 0 Å². The molecule has 0 saturated carbocycles. The molecule has 108 valence electrons. The molecular weight excluding hydrogens is 236 g/mol. The molecule has 0 bridgehead atoms. The minimum absolute atomic E-state index is 0.806. The van der Waals surface area contributed by atoms with Gasteiger partial charge in [-0.15, -0.1) is 0 Å². The van der Waals surface area contributed by atoms with E-state index in [1.54, 1.807) is 12.4 Å². The Kier molecular flexibility index (Phi) is 8.77. The number of anilines is 2. The van der Waals surface area contributed by atoms with E-state index in [0.717, 1.165) is 18.2 Å². The van der Waals surface area contributed by atoms with E-state index in [1.807, 2.05) is 7.05 Å². The van der Waals surface area contributed by atoms with Crippen LogP contribution in [0.5, 0.6) is 0 Å². The average Bonchev–Trinajstić information content (AvgIpc) is 2.46. The van der Waals surface area contributed by atoms with Gasteiger partial charge in [0, 0.05) is 13.6 Å². The molecule has 0 unspecified atom stereocenters. The number of rotatable bonds is 11. The first-order valence-electron chi connectivity index (χ1n) is 7.60. The fourth-order valence-electron chi connectivity index (χ4n) is 2.05. The molecule has 0 aliphatic rings. The molecule has 2 N–H and O–H groups in total. The largest absolute Gasteiger partial charge is 0.372 e. The van der Waals surface area contributed by atoms with Crippen molar-refractivity contribution >= 4 is 11.6 Å². The topological polar surface area (TPSA) is 49.8 Å². The second-order valence-corrected chi connectivity index (χ2v) is 4.94. The van der Waals surface area contributed by atoms with Crippen molar-refractivity contribution in [3.8, 4) is 0 Å². The van der Waals surface area contributed by atoms with Crippen LogP contribution in [-0.2, 0) is 0 Å². The summed E-state index contributed by atoms with van der Waals surface area (Å²) in [4.78, 5) is 8.50. The van der Waals surface area contributed by atoms with Gasteiger partial charge in [-0.3, -0.25) is 4.98 Å². The number of nitrogens with one attached hydrogen (secondary N) is 2. The second kappa shape index (κ2) is 10.6. The van der Waals surface area contributed by atoms with E-state index < -0.39 is 0 Å². The zero-order valence-corrected chi connectivity index (χ0v) is 12.4. The van der Waals surface area contributed by atoms with Crippen LogP contribution in [0.25, 0.3) is 0 Å². The van der Waals surface area contributed by atoms with Gasteiger partial charge >= 0.3 is 0 Å².